The molecule has 1 rings (SSSR count). The van der Waals surface area contributed by atoms with Crippen molar-refractivity contribution in [3.05, 3.63) is 35.4 Å². The van der Waals surface area contributed by atoms with E-state index in [2.05, 4.69) is 26.1 Å². The van der Waals surface area contributed by atoms with Gasteiger partial charge in [-0.15, -0.1) is 0 Å². The summed E-state index contributed by atoms with van der Waals surface area (Å²) in [6.45, 7) is 7.09. The van der Waals surface area contributed by atoms with Gasteiger partial charge in [-0.1, -0.05) is 32.4 Å². The number of benzene rings is 1. The van der Waals surface area contributed by atoms with E-state index in [0.717, 1.165) is 24.8 Å². The van der Waals surface area contributed by atoms with Crippen molar-refractivity contribution in [1.29, 1.82) is 0 Å². The van der Waals surface area contributed by atoms with Crippen LogP contribution in [0, 0.1) is 5.92 Å². The highest BCUT2D eigenvalue weighted by molar-refractivity contribution is 5.94. The number of nitrogens with one attached hydrogen (secondary N) is 1. The Labute approximate surface area is 116 Å². The summed E-state index contributed by atoms with van der Waals surface area (Å²) in [6.07, 6.45) is 3.02. The number of amides is 1. The van der Waals surface area contributed by atoms with Gasteiger partial charge in [-0.2, -0.15) is 0 Å². The fourth-order valence-corrected chi connectivity index (χ4v) is 2.13. The van der Waals surface area contributed by atoms with Crippen LogP contribution in [0.2, 0.25) is 0 Å². The second kappa shape index (κ2) is 7.95. The number of carbonyl (C=O) groups excluding carboxylic acids is 1. The summed E-state index contributed by atoms with van der Waals surface area (Å²) in [5, 5.41) is 3.05. The molecule has 2 atom stereocenters. The van der Waals surface area contributed by atoms with Crippen molar-refractivity contribution in [3.63, 3.8) is 0 Å². The maximum Gasteiger partial charge on any atom is 0.251 e. The van der Waals surface area contributed by atoms with Crippen molar-refractivity contribution >= 4 is 5.91 Å². The molecular weight excluding hydrogens is 236 g/mol. The molecule has 0 spiro atoms. The molecule has 3 heteroatoms. The molecule has 19 heavy (non-hydrogen) atoms. The zero-order chi connectivity index (χ0) is 14.3. The number of hydrogen-bond donors (Lipinski definition) is 2. The highest BCUT2D eigenvalue weighted by Gasteiger charge is 2.11. The molecule has 3 nitrogen and oxygen atoms in total. The van der Waals surface area contributed by atoms with Gasteiger partial charge >= 0.3 is 0 Å². The first-order valence-corrected chi connectivity index (χ1v) is 7.16. The largest absolute Gasteiger partial charge is 0.350 e. The van der Waals surface area contributed by atoms with Crippen LogP contribution in [0.4, 0.5) is 0 Å². The summed E-state index contributed by atoms with van der Waals surface area (Å²) in [4.78, 5) is 12.1. The third-order valence-corrected chi connectivity index (χ3v) is 3.48. The van der Waals surface area contributed by atoms with Gasteiger partial charge in [0.25, 0.3) is 5.91 Å². The maximum absolute atomic E-state index is 12.1. The fourth-order valence-electron chi connectivity index (χ4n) is 2.13. The smallest absolute Gasteiger partial charge is 0.251 e. The van der Waals surface area contributed by atoms with Crippen LogP contribution in [-0.2, 0) is 6.42 Å². The van der Waals surface area contributed by atoms with Crippen molar-refractivity contribution < 1.29 is 4.79 Å². The number of carbonyl (C=O) groups is 1. The van der Waals surface area contributed by atoms with Crippen LogP contribution < -0.4 is 11.1 Å². The minimum Gasteiger partial charge on any atom is -0.350 e. The minimum atomic E-state index is 0.00935. The number of rotatable bonds is 7. The average Bonchev–Trinajstić information content (AvgIpc) is 2.39. The van der Waals surface area contributed by atoms with Crippen molar-refractivity contribution in [3.8, 4) is 0 Å². The van der Waals surface area contributed by atoms with E-state index in [1.54, 1.807) is 0 Å². The first-order valence-electron chi connectivity index (χ1n) is 7.16. The van der Waals surface area contributed by atoms with Crippen molar-refractivity contribution in [2.75, 3.05) is 6.54 Å². The number of hydrogen-bond acceptors (Lipinski definition) is 2. The second-order valence-corrected chi connectivity index (χ2v) is 5.36. The maximum atomic E-state index is 12.1. The van der Waals surface area contributed by atoms with Gasteiger partial charge in [-0.3, -0.25) is 4.79 Å². The lowest BCUT2D eigenvalue weighted by Crippen LogP contribution is -2.33. The molecule has 0 aliphatic carbocycles. The van der Waals surface area contributed by atoms with E-state index in [-0.39, 0.29) is 11.9 Å². The molecule has 106 valence electrons. The lowest BCUT2D eigenvalue weighted by Gasteiger charge is -2.17. The van der Waals surface area contributed by atoms with Gasteiger partial charge in [-0.05, 0) is 49.9 Å². The molecule has 1 aromatic carbocycles. The number of nitrogens with two attached hydrogens (primary N) is 1. The van der Waals surface area contributed by atoms with Gasteiger partial charge in [0.1, 0.15) is 0 Å². The quantitative estimate of drug-likeness (QED) is 0.794. The molecule has 0 aromatic heterocycles. The Hall–Kier alpha value is -1.35. The van der Waals surface area contributed by atoms with Gasteiger partial charge in [0.05, 0.1) is 0 Å². The van der Waals surface area contributed by atoms with Crippen molar-refractivity contribution in [1.82, 2.24) is 5.32 Å². The van der Waals surface area contributed by atoms with Crippen LogP contribution in [-0.4, -0.2) is 18.5 Å². The molecule has 0 bridgehead atoms. The Morgan fingerprint density at radius 3 is 2.42 bits per heavy atom. The van der Waals surface area contributed by atoms with Gasteiger partial charge < -0.3 is 11.1 Å². The topological polar surface area (TPSA) is 55.1 Å². The lowest BCUT2D eigenvalue weighted by atomic mass is 10.00. The Balaban J connectivity index is 2.53. The molecule has 2 unspecified atom stereocenters. The van der Waals surface area contributed by atoms with E-state index >= 15 is 0 Å². The molecule has 0 saturated carbocycles. The van der Waals surface area contributed by atoms with E-state index < -0.39 is 0 Å². The van der Waals surface area contributed by atoms with E-state index in [4.69, 9.17) is 5.73 Å². The van der Waals surface area contributed by atoms with E-state index in [1.807, 2.05) is 24.3 Å². The summed E-state index contributed by atoms with van der Waals surface area (Å²) >= 11 is 0. The molecular formula is C16H26N2O. The van der Waals surface area contributed by atoms with Gasteiger partial charge in [-0.25, -0.2) is 0 Å². The van der Waals surface area contributed by atoms with Crippen molar-refractivity contribution in [2.45, 2.75) is 46.1 Å². The monoisotopic (exact) mass is 262 g/mol. The highest BCUT2D eigenvalue weighted by Crippen LogP contribution is 2.10. The summed E-state index contributed by atoms with van der Waals surface area (Å²) in [5.74, 6) is 0.650. The zero-order valence-electron chi connectivity index (χ0n) is 12.3. The van der Waals surface area contributed by atoms with Gasteiger partial charge in [0.15, 0.2) is 0 Å². The lowest BCUT2D eigenvalue weighted by molar-refractivity contribution is 0.0935. The van der Waals surface area contributed by atoms with Gasteiger partial charge in [0, 0.05) is 11.6 Å². The summed E-state index contributed by atoms with van der Waals surface area (Å²) in [5.41, 5.74) is 7.40. The van der Waals surface area contributed by atoms with Crippen LogP contribution in [0.3, 0.4) is 0 Å². The summed E-state index contributed by atoms with van der Waals surface area (Å²) < 4.78 is 0. The Morgan fingerprint density at radius 1 is 1.26 bits per heavy atom. The normalized spacial score (nSPS) is 13.9. The van der Waals surface area contributed by atoms with Crippen LogP contribution in [0.1, 0.15) is 49.5 Å². The molecule has 3 N–H and O–H groups in total. The second-order valence-electron chi connectivity index (χ2n) is 5.36. The van der Waals surface area contributed by atoms with Crippen LogP contribution >= 0.6 is 0 Å². The van der Waals surface area contributed by atoms with Crippen LogP contribution in [0.15, 0.2) is 24.3 Å². The standard InChI is InChI=1S/C16H26N2O/c1-4-12(2)11-13(3)18-16(19)15-7-5-14(6-8-15)9-10-17/h5-8,12-13H,4,9-11,17H2,1-3H3,(H,18,19). The fraction of sp³-hybridized carbons (Fsp3) is 0.562. The molecule has 1 amide bonds. The Kier molecular flexibility index (Phi) is 6.57. The minimum absolute atomic E-state index is 0.00935. The molecule has 0 heterocycles. The van der Waals surface area contributed by atoms with E-state index in [9.17, 15) is 4.79 Å². The average molecular weight is 262 g/mol. The highest BCUT2D eigenvalue weighted by atomic mass is 16.1. The van der Waals surface area contributed by atoms with E-state index in [0.29, 0.717) is 12.5 Å². The molecule has 0 aliphatic heterocycles. The summed E-state index contributed by atoms with van der Waals surface area (Å²) in [6, 6.07) is 7.90. The predicted molar refractivity (Wildman–Crippen MR) is 80.2 cm³/mol. The third-order valence-electron chi connectivity index (χ3n) is 3.48. The molecule has 0 radical (unpaired) electrons. The van der Waals surface area contributed by atoms with Crippen LogP contribution in [0.5, 0.6) is 0 Å². The molecule has 0 aliphatic rings. The SMILES string of the molecule is CCC(C)CC(C)NC(=O)c1ccc(CCN)cc1. The third kappa shape index (κ3) is 5.43. The molecule has 1 aromatic rings. The Morgan fingerprint density at radius 2 is 1.89 bits per heavy atom. The first-order chi connectivity index (χ1) is 9.06. The van der Waals surface area contributed by atoms with Crippen LogP contribution in [0.25, 0.3) is 0 Å². The van der Waals surface area contributed by atoms with E-state index in [1.165, 1.54) is 5.56 Å². The van der Waals surface area contributed by atoms with Crippen molar-refractivity contribution in [2.24, 2.45) is 11.7 Å². The molecule has 0 fully saturated rings. The Bertz CT molecular complexity index is 386. The molecule has 0 saturated heterocycles. The zero-order valence-corrected chi connectivity index (χ0v) is 12.3. The first kappa shape index (κ1) is 15.7. The van der Waals surface area contributed by atoms with Gasteiger partial charge in [0.2, 0.25) is 0 Å². The summed E-state index contributed by atoms with van der Waals surface area (Å²) in [7, 11) is 0. The predicted octanol–water partition coefficient (Wildman–Crippen LogP) is 2.74.